The van der Waals surface area contributed by atoms with Crippen LogP contribution in [0.1, 0.15) is 5.56 Å². The number of carbonyl (C=O) groups is 1. The van der Waals surface area contributed by atoms with Crippen LogP contribution in [-0.4, -0.2) is 28.2 Å². The fourth-order valence-electron chi connectivity index (χ4n) is 1.36. The maximum absolute atomic E-state index is 11.1. The third kappa shape index (κ3) is 4.60. The Kier molecular flexibility index (Phi) is 4.93. The van der Waals surface area contributed by atoms with Gasteiger partial charge < -0.3 is 14.7 Å². The average Bonchev–Trinajstić information content (AvgIpc) is 2.27. The number of rotatable bonds is 6. The number of nitrogens with one attached hydrogen (secondary N) is 1. The van der Waals surface area contributed by atoms with E-state index in [2.05, 4.69) is 14.6 Å². The molecule has 0 atom stereocenters. The lowest BCUT2D eigenvalue weighted by Gasteiger charge is -2.08. The van der Waals surface area contributed by atoms with Gasteiger partial charge in [0, 0.05) is 6.54 Å². The Hall–Kier alpha value is -1.80. The van der Waals surface area contributed by atoms with E-state index < -0.39 is 16.4 Å². The minimum atomic E-state index is -4.14. The summed E-state index contributed by atoms with van der Waals surface area (Å²) in [6, 6.07) is 7.20. The second-order valence-electron chi connectivity index (χ2n) is 3.31. The highest BCUT2D eigenvalue weighted by atomic mass is 32.2. The molecule has 0 bridgehead atoms. The van der Waals surface area contributed by atoms with Crippen molar-refractivity contribution in [2.75, 3.05) is 13.7 Å². The van der Waals surface area contributed by atoms with Crippen LogP contribution in [0.15, 0.2) is 24.3 Å². The molecule has 0 heterocycles. The topological polar surface area (TPSA) is 108 Å². The van der Waals surface area contributed by atoms with E-state index in [4.69, 9.17) is 4.74 Å². The van der Waals surface area contributed by atoms with Crippen LogP contribution in [0.5, 0.6) is 5.75 Å². The van der Waals surface area contributed by atoms with Gasteiger partial charge in [-0.25, -0.2) is 4.79 Å². The van der Waals surface area contributed by atoms with Crippen molar-refractivity contribution in [3.05, 3.63) is 29.8 Å². The van der Waals surface area contributed by atoms with Gasteiger partial charge in [-0.1, -0.05) is 18.2 Å². The standard InChI is InChI=1S/C10H14N2O5S/c1-16-9-5-3-2-4-8(9)6-7-12-18(14,15)17-10(11)13/h2-5,12H,6-7H2,1H3,(H2,11,13). The minimum Gasteiger partial charge on any atom is -0.496 e. The van der Waals surface area contributed by atoms with Gasteiger partial charge in [0.05, 0.1) is 7.11 Å². The lowest BCUT2D eigenvalue weighted by Crippen LogP contribution is -2.31. The number of ether oxygens (including phenoxy) is 1. The smallest absolute Gasteiger partial charge is 0.421 e. The summed E-state index contributed by atoms with van der Waals surface area (Å²) in [5.74, 6) is 0.660. The van der Waals surface area contributed by atoms with Gasteiger partial charge in [0.25, 0.3) is 0 Å². The Labute approximate surface area is 105 Å². The monoisotopic (exact) mass is 274 g/mol. The van der Waals surface area contributed by atoms with Crippen molar-refractivity contribution < 1.29 is 22.1 Å². The van der Waals surface area contributed by atoms with Crippen LogP contribution in [-0.2, 0) is 20.9 Å². The van der Waals surface area contributed by atoms with E-state index in [-0.39, 0.29) is 6.54 Å². The van der Waals surface area contributed by atoms with Crippen LogP contribution in [0.25, 0.3) is 0 Å². The number of hydrogen-bond donors (Lipinski definition) is 2. The first-order valence-corrected chi connectivity index (χ1v) is 6.46. The number of benzene rings is 1. The first-order valence-electron chi connectivity index (χ1n) is 5.05. The highest BCUT2D eigenvalue weighted by Gasteiger charge is 2.13. The van der Waals surface area contributed by atoms with Crippen LogP contribution in [0.2, 0.25) is 0 Å². The largest absolute Gasteiger partial charge is 0.496 e. The Morgan fingerprint density at radius 1 is 1.39 bits per heavy atom. The molecule has 0 aliphatic rings. The molecule has 18 heavy (non-hydrogen) atoms. The second-order valence-corrected chi connectivity index (χ2v) is 4.68. The van der Waals surface area contributed by atoms with Gasteiger partial charge in [-0.15, -0.1) is 0 Å². The van der Waals surface area contributed by atoms with Crippen molar-refractivity contribution >= 4 is 16.4 Å². The van der Waals surface area contributed by atoms with Crippen LogP contribution in [0.3, 0.4) is 0 Å². The van der Waals surface area contributed by atoms with Gasteiger partial charge in [0.15, 0.2) is 0 Å². The predicted molar refractivity (Wildman–Crippen MR) is 64.3 cm³/mol. The summed E-state index contributed by atoms with van der Waals surface area (Å²) in [5, 5.41) is 0. The zero-order valence-electron chi connectivity index (χ0n) is 9.75. The molecule has 1 amide bonds. The minimum absolute atomic E-state index is 0.0655. The molecule has 0 radical (unpaired) electrons. The highest BCUT2D eigenvalue weighted by molar-refractivity contribution is 7.85. The predicted octanol–water partition coefficient (Wildman–Crippen LogP) is 0.167. The van der Waals surface area contributed by atoms with E-state index in [9.17, 15) is 13.2 Å². The summed E-state index contributed by atoms with van der Waals surface area (Å²) in [7, 11) is -2.61. The average molecular weight is 274 g/mol. The van der Waals surface area contributed by atoms with Crippen molar-refractivity contribution in [2.24, 2.45) is 5.73 Å². The molecule has 0 aromatic heterocycles. The van der Waals surface area contributed by atoms with Gasteiger partial charge in [-0.3, -0.25) is 0 Å². The molecule has 0 fully saturated rings. The number of methoxy groups -OCH3 is 1. The molecule has 7 nitrogen and oxygen atoms in total. The summed E-state index contributed by atoms with van der Waals surface area (Å²) in [5.41, 5.74) is 5.44. The van der Waals surface area contributed by atoms with E-state index in [1.54, 1.807) is 6.07 Å². The van der Waals surface area contributed by atoms with Crippen LogP contribution >= 0.6 is 0 Å². The molecule has 8 heteroatoms. The van der Waals surface area contributed by atoms with Crippen LogP contribution in [0, 0.1) is 0 Å². The first-order chi connectivity index (χ1) is 8.44. The first kappa shape index (κ1) is 14.3. The second kappa shape index (κ2) is 6.22. The maximum atomic E-state index is 11.1. The maximum Gasteiger partial charge on any atom is 0.421 e. The summed E-state index contributed by atoms with van der Waals surface area (Å²) in [6.45, 7) is 0.0655. The van der Waals surface area contributed by atoms with Crippen LogP contribution < -0.4 is 15.2 Å². The SMILES string of the molecule is COc1ccccc1CCNS(=O)(=O)OC(N)=O. The normalized spacial score (nSPS) is 10.9. The molecule has 0 aliphatic carbocycles. The molecule has 0 aliphatic heterocycles. The molecular weight excluding hydrogens is 260 g/mol. The molecule has 0 spiro atoms. The van der Waals surface area contributed by atoms with E-state index in [1.165, 1.54) is 7.11 Å². The molecule has 3 N–H and O–H groups in total. The van der Waals surface area contributed by atoms with Crippen molar-refractivity contribution in [3.63, 3.8) is 0 Å². The van der Waals surface area contributed by atoms with Gasteiger partial charge in [0.1, 0.15) is 5.75 Å². The lowest BCUT2D eigenvalue weighted by atomic mass is 10.1. The number of carbonyl (C=O) groups excluding carboxylic acids is 1. The van der Waals surface area contributed by atoms with Gasteiger partial charge in [0.2, 0.25) is 0 Å². The number of amides is 1. The van der Waals surface area contributed by atoms with Crippen molar-refractivity contribution in [3.8, 4) is 5.75 Å². The molecule has 1 rings (SSSR count). The molecule has 0 unspecified atom stereocenters. The van der Waals surface area contributed by atoms with E-state index >= 15 is 0 Å². The summed E-state index contributed by atoms with van der Waals surface area (Å²) in [4.78, 5) is 10.3. The van der Waals surface area contributed by atoms with E-state index in [0.717, 1.165) is 5.56 Å². The fraction of sp³-hybridized carbons (Fsp3) is 0.300. The van der Waals surface area contributed by atoms with Gasteiger partial charge >= 0.3 is 16.4 Å². The van der Waals surface area contributed by atoms with Gasteiger partial charge in [-0.05, 0) is 18.1 Å². The number of primary amides is 1. The fourth-order valence-corrected chi connectivity index (χ4v) is 1.99. The third-order valence-corrected chi connectivity index (χ3v) is 3.00. The molecule has 0 saturated carbocycles. The van der Waals surface area contributed by atoms with E-state index in [1.807, 2.05) is 18.2 Å². The Balaban J connectivity index is 2.54. The lowest BCUT2D eigenvalue weighted by molar-refractivity contribution is 0.212. The molecule has 0 saturated heterocycles. The number of para-hydroxylation sites is 1. The summed E-state index contributed by atoms with van der Waals surface area (Å²) >= 11 is 0. The number of nitrogens with two attached hydrogens (primary N) is 1. The van der Waals surface area contributed by atoms with Crippen LogP contribution in [0.4, 0.5) is 4.79 Å². The third-order valence-electron chi connectivity index (χ3n) is 2.06. The van der Waals surface area contributed by atoms with Crippen molar-refractivity contribution in [1.29, 1.82) is 0 Å². The highest BCUT2D eigenvalue weighted by Crippen LogP contribution is 2.17. The number of hydrogen-bond acceptors (Lipinski definition) is 5. The molecule has 1 aromatic rings. The van der Waals surface area contributed by atoms with Gasteiger partial charge in [-0.2, -0.15) is 13.1 Å². The summed E-state index contributed by atoms with van der Waals surface area (Å²) in [6.07, 6.45) is -0.981. The van der Waals surface area contributed by atoms with Crippen molar-refractivity contribution in [2.45, 2.75) is 6.42 Å². The van der Waals surface area contributed by atoms with E-state index in [0.29, 0.717) is 12.2 Å². The Morgan fingerprint density at radius 2 is 2.06 bits per heavy atom. The zero-order valence-corrected chi connectivity index (χ0v) is 10.6. The molecule has 1 aromatic carbocycles. The molecule has 100 valence electrons. The Morgan fingerprint density at radius 3 is 2.67 bits per heavy atom. The quantitative estimate of drug-likeness (QED) is 0.768. The zero-order chi connectivity index (χ0) is 13.6. The van der Waals surface area contributed by atoms with Crippen molar-refractivity contribution in [1.82, 2.24) is 4.72 Å². The Bertz CT molecular complexity index is 515. The molecular formula is C10H14N2O5S. The summed E-state index contributed by atoms with van der Waals surface area (Å²) < 4.78 is 33.3.